The van der Waals surface area contributed by atoms with Crippen molar-refractivity contribution in [3.05, 3.63) is 59.7 Å². The van der Waals surface area contributed by atoms with Gasteiger partial charge in [-0.3, -0.25) is 0 Å². The number of aliphatic hydroxyl groups excluding tert-OH is 2. The molecular formula is C18H16O2. The van der Waals surface area contributed by atoms with Crippen LogP contribution in [-0.2, 0) is 6.42 Å². The van der Waals surface area contributed by atoms with Gasteiger partial charge in [0.15, 0.2) is 0 Å². The first-order chi connectivity index (χ1) is 9.75. The minimum Gasteiger partial charge on any atom is -0.390 e. The van der Waals surface area contributed by atoms with Crippen molar-refractivity contribution >= 4 is 21.5 Å². The molecule has 0 saturated carbocycles. The van der Waals surface area contributed by atoms with Crippen LogP contribution in [0.3, 0.4) is 0 Å². The molecule has 3 aromatic rings. The van der Waals surface area contributed by atoms with E-state index in [1.54, 1.807) is 0 Å². The van der Waals surface area contributed by atoms with Gasteiger partial charge in [0.1, 0.15) is 6.10 Å². The van der Waals surface area contributed by atoms with Gasteiger partial charge in [-0.25, -0.2) is 0 Å². The summed E-state index contributed by atoms with van der Waals surface area (Å²) >= 11 is 0. The number of benzene rings is 3. The van der Waals surface area contributed by atoms with E-state index in [-0.39, 0.29) is 0 Å². The SMILES string of the molecule is O[C@@H]1CCc2ccc3c(ccc4ccccc43)c2[C@H]1O. The fourth-order valence-electron chi connectivity index (χ4n) is 3.38. The summed E-state index contributed by atoms with van der Waals surface area (Å²) in [6, 6.07) is 16.7. The predicted octanol–water partition coefficient (Wildman–Crippen LogP) is 3.33. The molecule has 3 aromatic carbocycles. The molecule has 0 bridgehead atoms. The largest absolute Gasteiger partial charge is 0.390 e. The second-order valence-electron chi connectivity index (χ2n) is 5.57. The monoisotopic (exact) mass is 264 g/mol. The molecule has 20 heavy (non-hydrogen) atoms. The molecule has 0 aromatic heterocycles. The molecular weight excluding hydrogens is 248 g/mol. The van der Waals surface area contributed by atoms with E-state index in [9.17, 15) is 10.2 Å². The predicted molar refractivity (Wildman–Crippen MR) is 80.7 cm³/mol. The minimum absolute atomic E-state index is 0.632. The maximum atomic E-state index is 10.3. The van der Waals surface area contributed by atoms with Crippen molar-refractivity contribution in [1.29, 1.82) is 0 Å². The summed E-state index contributed by atoms with van der Waals surface area (Å²) in [6.45, 7) is 0. The summed E-state index contributed by atoms with van der Waals surface area (Å²) in [5.41, 5.74) is 2.07. The first kappa shape index (κ1) is 11.9. The average molecular weight is 264 g/mol. The first-order valence-electron chi connectivity index (χ1n) is 7.05. The summed E-state index contributed by atoms with van der Waals surface area (Å²) in [5, 5.41) is 24.9. The number of fused-ring (bicyclic) bond motifs is 5. The maximum absolute atomic E-state index is 10.3. The fraction of sp³-hybridized carbons (Fsp3) is 0.222. The Balaban J connectivity index is 2.12. The smallest absolute Gasteiger partial charge is 0.106 e. The van der Waals surface area contributed by atoms with Crippen molar-refractivity contribution < 1.29 is 10.2 Å². The molecule has 0 aliphatic heterocycles. The first-order valence-corrected chi connectivity index (χ1v) is 7.05. The molecule has 1 aliphatic rings. The second-order valence-corrected chi connectivity index (χ2v) is 5.57. The molecule has 2 heteroatoms. The normalized spacial score (nSPS) is 22.1. The van der Waals surface area contributed by atoms with Crippen LogP contribution in [0.25, 0.3) is 21.5 Å². The van der Waals surface area contributed by atoms with E-state index in [4.69, 9.17) is 0 Å². The van der Waals surface area contributed by atoms with Crippen molar-refractivity contribution in [2.45, 2.75) is 25.0 Å². The molecule has 0 amide bonds. The summed E-state index contributed by atoms with van der Waals surface area (Å²) in [4.78, 5) is 0. The van der Waals surface area contributed by atoms with Gasteiger partial charge >= 0.3 is 0 Å². The van der Waals surface area contributed by atoms with Crippen LogP contribution in [0.5, 0.6) is 0 Å². The van der Waals surface area contributed by atoms with Crippen LogP contribution in [0.4, 0.5) is 0 Å². The van der Waals surface area contributed by atoms with E-state index >= 15 is 0 Å². The molecule has 0 fully saturated rings. The van der Waals surface area contributed by atoms with Gasteiger partial charge in [0.05, 0.1) is 6.10 Å². The molecule has 0 unspecified atom stereocenters. The molecule has 2 nitrogen and oxygen atoms in total. The number of aliphatic hydroxyl groups is 2. The number of hydrogen-bond acceptors (Lipinski definition) is 2. The molecule has 0 spiro atoms. The quantitative estimate of drug-likeness (QED) is 0.611. The number of aryl methyl sites for hydroxylation is 1. The van der Waals surface area contributed by atoms with Crippen molar-refractivity contribution in [2.75, 3.05) is 0 Å². The lowest BCUT2D eigenvalue weighted by Crippen LogP contribution is -2.25. The van der Waals surface area contributed by atoms with E-state index in [2.05, 4.69) is 36.4 Å². The van der Waals surface area contributed by atoms with E-state index in [1.807, 2.05) is 12.1 Å². The summed E-state index contributed by atoms with van der Waals surface area (Å²) < 4.78 is 0. The zero-order valence-electron chi connectivity index (χ0n) is 11.1. The number of rotatable bonds is 0. The third-order valence-corrected chi connectivity index (χ3v) is 4.43. The van der Waals surface area contributed by atoms with Gasteiger partial charge in [0, 0.05) is 0 Å². The second kappa shape index (κ2) is 4.30. The third kappa shape index (κ3) is 1.59. The summed E-state index contributed by atoms with van der Waals surface area (Å²) in [7, 11) is 0. The van der Waals surface area contributed by atoms with E-state index in [0.29, 0.717) is 6.42 Å². The minimum atomic E-state index is -0.774. The third-order valence-electron chi connectivity index (χ3n) is 4.43. The summed E-state index contributed by atoms with van der Waals surface area (Å²) in [6.07, 6.45) is 0.0343. The van der Waals surface area contributed by atoms with Gasteiger partial charge in [-0.15, -0.1) is 0 Å². The maximum Gasteiger partial charge on any atom is 0.106 e. The topological polar surface area (TPSA) is 40.5 Å². The van der Waals surface area contributed by atoms with Crippen LogP contribution >= 0.6 is 0 Å². The van der Waals surface area contributed by atoms with Crippen LogP contribution in [0.15, 0.2) is 48.5 Å². The zero-order valence-corrected chi connectivity index (χ0v) is 11.1. The Kier molecular flexibility index (Phi) is 2.56. The highest BCUT2D eigenvalue weighted by molar-refractivity contribution is 6.08. The Labute approximate surface area is 117 Å². The van der Waals surface area contributed by atoms with Gasteiger partial charge in [0.2, 0.25) is 0 Å². The molecule has 2 atom stereocenters. The average Bonchev–Trinajstić information content (AvgIpc) is 2.50. The Morgan fingerprint density at radius 2 is 1.60 bits per heavy atom. The van der Waals surface area contributed by atoms with E-state index in [1.165, 1.54) is 10.8 Å². The Bertz CT molecular complexity index is 807. The van der Waals surface area contributed by atoms with Gasteiger partial charge < -0.3 is 10.2 Å². The van der Waals surface area contributed by atoms with E-state index < -0.39 is 12.2 Å². The Morgan fingerprint density at radius 3 is 2.50 bits per heavy atom. The highest BCUT2D eigenvalue weighted by atomic mass is 16.3. The Morgan fingerprint density at radius 1 is 0.800 bits per heavy atom. The molecule has 2 N–H and O–H groups in total. The molecule has 100 valence electrons. The van der Waals surface area contributed by atoms with Crippen LogP contribution in [0.2, 0.25) is 0 Å². The highest BCUT2D eigenvalue weighted by Crippen LogP contribution is 2.37. The lowest BCUT2D eigenvalue weighted by molar-refractivity contribution is 0.00747. The highest BCUT2D eigenvalue weighted by Gasteiger charge is 2.27. The molecule has 0 radical (unpaired) electrons. The summed E-state index contributed by atoms with van der Waals surface area (Å²) in [5.74, 6) is 0. The fourth-order valence-corrected chi connectivity index (χ4v) is 3.38. The van der Waals surface area contributed by atoms with Crippen molar-refractivity contribution in [1.82, 2.24) is 0 Å². The lowest BCUT2D eigenvalue weighted by Gasteiger charge is -2.28. The molecule has 1 aliphatic carbocycles. The van der Waals surface area contributed by atoms with Crippen LogP contribution in [0.1, 0.15) is 23.7 Å². The lowest BCUT2D eigenvalue weighted by atomic mass is 9.83. The van der Waals surface area contributed by atoms with Gasteiger partial charge in [-0.2, -0.15) is 0 Å². The van der Waals surface area contributed by atoms with Crippen molar-refractivity contribution in [3.63, 3.8) is 0 Å². The zero-order chi connectivity index (χ0) is 13.7. The van der Waals surface area contributed by atoms with Crippen molar-refractivity contribution in [2.24, 2.45) is 0 Å². The van der Waals surface area contributed by atoms with Crippen LogP contribution < -0.4 is 0 Å². The molecule has 0 heterocycles. The standard InChI is InChI=1S/C18H16O2/c19-16-10-7-12-6-8-14-13-4-2-1-3-11(13)5-9-15(14)17(12)18(16)20/h1-6,8-9,16,18-20H,7,10H2/t16-,18+/m1/s1. The van der Waals surface area contributed by atoms with Crippen LogP contribution in [-0.4, -0.2) is 16.3 Å². The Hall–Kier alpha value is -1.90. The van der Waals surface area contributed by atoms with Gasteiger partial charge in [-0.05, 0) is 45.5 Å². The number of hydrogen-bond donors (Lipinski definition) is 2. The van der Waals surface area contributed by atoms with E-state index in [0.717, 1.165) is 28.3 Å². The van der Waals surface area contributed by atoms with Gasteiger partial charge in [0.25, 0.3) is 0 Å². The van der Waals surface area contributed by atoms with Gasteiger partial charge in [-0.1, -0.05) is 48.5 Å². The molecule has 4 rings (SSSR count). The van der Waals surface area contributed by atoms with Crippen molar-refractivity contribution in [3.8, 4) is 0 Å². The molecule has 0 saturated heterocycles. The van der Waals surface area contributed by atoms with Crippen LogP contribution in [0, 0.1) is 0 Å².